The van der Waals surface area contributed by atoms with E-state index in [1.807, 2.05) is 0 Å². The van der Waals surface area contributed by atoms with Gasteiger partial charge in [0.2, 0.25) is 0 Å². The average molecular weight is 212 g/mol. The summed E-state index contributed by atoms with van der Waals surface area (Å²) in [6, 6.07) is 0.352. The molecule has 0 aliphatic heterocycles. The summed E-state index contributed by atoms with van der Waals surface area (Å²) in [5, 5.41) is 3.52. The number of hydrogen-bond donors (Lipinski definition) is 2. The van der Waals surface area contributed by atoms with Crippen molar-refractivity contribution in [3.05, 3.63) is 0 Å². The highest BCUT2D eigenvalue weighted by Crippen LogP contribution is 2.47. The first-order valence-electron chi connectivity index (χ1n) is 6.30. The van der Waals surface area contributed by atoms with Crippen molar-refractivity contribution in [1.82, 2.24) is 5.32 Å². The van der Waals surface area contributed by atoms with Gasteiger partial charge < -0.3 is 11.1 Å². The average Bonchev–Trinajstić information content (AvgIpc) is 2.10. The van der Waals surface area contributed by atoms with E-state index < -0.39 is 0 Å². The van der Waals surface area contributed by atoms with Crippen LogP contribution in [0.1, 0.15) is 53.4 Å². The zero-order chi connectivity index (χ0) is 11.7. The summed E-state index contributed by atoms with van der Waals surface area (Å²) in [7, 11) is 2.08. The van der Waals surface area contributed by atoms with E-state index in [0.29, 0.717) is 11.5 Å². The summed E-state index contributed by atoms with van der Waals surface area (Å²) < 4.78 is 0. The van der Waals surface area contributed by atoms with E-state index in [1.54, 1.807) is 0 Å². The molecule has 3 unspecified atom stereocenters. The van der Waals surface area contributed by atoms with Gasteiger partial charge in [0.25, 0.3) is 0 Å². The van der Waals surface area contributed by atoms with Gasteiger partial charge in [0.15, 0.2) is 0 Å². The lowest BCUT2D eigenvalue weighted by Gasteiger charge is -2.53. The van der Waals surface area contributed by atoms with E-state index in [9.17, 15) is 0 Å². The van der Waals surface area contributed by atoms with Crippen LogP contribution >= 0.6 is 0 Å². The molecule has 0 amide bonds. The fourth-order valence-electron chi connectivity index (χ4n) is 3.71. The van der Waals surface area contributed by atoms with Crippen molar-refractivity contribution in [1.29, 1.82) is 0 Å². The molecule has 0 bridgehead atoms. The molecule has 0 spiro atoms. The molecule has 15 heavy (non-hydrogen) atoms. The Morgan fingerprint density at radius 1 is 1.27 bits per heavy atom. The van der Waals surface area contributed by atoms with Gasteiger partial charge in [-0.15, -0.1) is 0 Å². The van der Waals surface area contributed by atoms with E-state index in [2.05, 4.69) is 40.1 Å². The molecule has 0 radical (unpaired) electrons. The van der Waals surface area contributed by atoms with E-state index in [1.165, 1.54) is 12.8 Å². The normalized spacial score (nSPS) is 40.4. The van der Waals surface area contributed by atoms with Crippen LogP contribution in [0.25, 0.3) is 0 Å². The second-order valence-electron chi connectivity index (χ2n) is 6.17. The van der Waals surface area contributed by atoms with Crippen molar-refractivity contribution in [2.75, 3.05) is 7.05 Å². The third-order valence-corrected chi connectivity index (χ3v) is 4.34. The lowest BCUT2D eigenvalue weighted by atomic mass is 9.58. The predicted molar refractivity (Wildman–Crippen MR) is 66.9 cm³/mol. The van der Waals surface area contributed by atoms with E-state index in [4.69, 9.17) is 5.73 Å². The zero-order valence-corrected chi connectivity index (χ0v) is 11.1. The van der Waals surface area contributed by atoms with Gasteiger partial charge in [0.1, 0.15) is 0 Å². The minimum Gasteiger partial charge on any atom is -0.328 e. The van der Waals surface area contributed by atoms with Gasteiger partial charge in [-0.3, -0.25) is 0 Å². The smallest absolute Gasteiger partial charge is 0.0198 e. The minimum atomic E-state index is 0.219. The molecule has 0 heterocycles. The van der Waals surface area contributed by atoms with Gasteiger partial charge in [-0.1, -0.05) is 27.2 Å². The third-order valence-electron chi connectivity index (χ3n) is 4.34. The first-order chi connectivity index (χ1) is 6.85. The first kappa shape index (κ1) is 13.0. The van der Waals surface area contributed by atoms with Crippen LogP contribution in [0.15, 0.2) is 0 Å². The molecule has 0 saturated heterocycles. The van der Waals surface area contributed by atoms with Crippen molar-refractivity contribution >= 4 is 0 Å². The van der Waals surface area contributed by atoms with Crippen LogP contribution in [0.3, 0.4) is 0 Å². The van der Waals surface area contributed by atoms with Crippen LogP contribution in [0.2, 0.25) is 0 Å². The van der Waals surface area contributed by atoms with Gasteiger partial charge in [0, 0.05) is 11.6 Å². The molecule has 90 valence electrons. The summed E-state index contributed by atoms with van der Waals surface area (Å²) in [5.74, 6) is 0.736. The van der Waals surface area contributed by atoms with Crippen molar-refractivity contribution in [3.63, 3.8) is 0 Å². The highest BCUT2D eigenvalue weighted by molar-refractivity contribution is 5.03. The highest BCUT2D eigenvalue weighted by atomic mass is 15.0. The van der Waals surface area contributed by atoms with E-state index in [0.717, 1.165) is 18.8 Å². The number of nitrogens with two attached hydrogens (primary N) is 1. The van der Waals surface area contributed by atoms with Gasteiger partial charge in [-0.2, -0.15) is 0 Å². The quantitative estimate of drug-likeness (QED) is 0.754. The maximum atomic E-state index is 6.18. The largest absolute Gasteiger partial charge is 0.328 e. The molecule has 0 aromatic rings. The van der Waals surface area contributed by atoms with Crippen LogP contribution in [-0.2, 0) is 0 Å². The SMILES string of the molecule is CCCC1C(C)(C)CC(N)CC1(C)NC. The van der Waals surface area contributed by atoms with Crippen LogP contribution in [0.5, 0.6) is 0 Å². The fourth-order valence-corrected chi connectivity index (χ4v) is 3.71. The Balaban J connectivity index is 2.92. The van der Waals surface area contributed by atoms with Crippen LogP contribution in [-0.4, -0.2) is 18.6 Å². The summed E-state index contributed by atoms with van der Waals surface area (Å²) in [6.45, 7) is 9.37. The lowest BCUT2D eigenvalue weighted by molar-refractivity contribution is 0.0232. The molecule has 3 atom stereocenters. The molecule has 3 N–H and O–H groups in total. The first-order valence-corrected chi connectivity index (χ1v) is 6.30. The topological polar surface area (TPSA) is 38.0 Å². The summed E-state index contributed by atoms with van der Waals surface area (Å²) in [6.07, 6.45) is 4.84. The molecule has 1 aliphatic rings. The molecule has 0 aromatic carbocycles. The lowest BCUT2D eigenvalue weighted by Crippen LogP contribution is -2.59. The Hall–Kier alpha value is -0.0800. The second-order valence-corrected chi connectivity index (χ2v) is 6.17. The van der Waals surface area contributed by atoms with Crippen molar-refractivity contribution in [2.24, 2.45) is 17.1 Å². The van der Waals surface area contributed by atoms with Gasteiger partial charge in [0.05, 0.1) is 0 Å². The van der Waals surface area contributed by atoms with Gasteiger partial charge in [-0.25, -0.2) is 0 Å². The number of rotatable bonds is 3. The number of hydrogen-bond acceptors (Lipinski definition) is 2. The second kappa shape index (κ2) is 4.42. The summed E-state index contributed by atoms with van der Waals surface area (Å²) >= 11 is 0. The zero-order valence-electron chi connectivity index (χ0n) is 11.1. The molecular formula is C13H28N2. The third kappa shape index (κ3) is 2.54. The maximum absolute atomic E-state index is 6.18. The minimum absolute atomic E-state index is 0.219. The number of nitrogens with one attached hydrogen (secondary N) is 1. The van der Waals surface area contributed by atoms with Crippen LogP contribution in [0.4, 0.5) is 0 Å². The van der Waals surface area contributed by atoms with Crippen LogP contribution in [0, 0.1) is 11.3 Å². The molecular weight excluding hydrogens is 184 g/mol. The summed E-state index contributed by atoms with van der Waals surface area (Å²) in [4.78, 5) is 0. The van der Waals surface area contributed by atoms with Crippen LogP contribution < -0.4 is 11.1 Å². The highest BCUT2D eigenvalue weighted by Gasteiger charge is 2.47. The molecule has 1 saturated carbocycles. The van der Waals surface area contributed by atoms with Crippen molar-refractivity contribution in [3.8, 4) is 0 Å². The molecule has 2 heteroatoms. The standard InChI is InChI=1S/C13H28N2/c1-6-7-11-12(2,3)8-10(14)9-13(11,4)15-5/h10-11,15H,6-9,14H2,1-5H3. The van der Waals surface area contributed by atoms with E-state index >= 15 is 0 Å². The Bertz CT molecular complexity index is 213. The van der Waals surface area contributed by atoms with Crippen molar-refractivity contribution < 1.29 is 0 Å². The Morgan fingerprint density at radius 3 is 2.33 bits per heavy atom. The molecule has 2 nitrogen and oxygen atoms in total. The fraction of sp³-hybridized carbons (Fsp3) is 1.00. The Kier molecular flexibility index (Phi) is 3.83. The molecule has 0 aromatic heterocycles. The molecule has 1 rings (SSSR count). The van der Waals surface area contributed by atoms with Gasteiger partial charge in [-0.05, 0) is 44.6 Å². The maximum Gasteiger partial charge on any atom is 0.0198 e. The Morgan fingerprint density at radius 2 is 1.87 bits per heavy atom. The Labute approximate surface area is 95.0 Å². The predicted octanol–water partition coefficient (Wildman–Crippen LogP) is 2.53. The summed E-state index contributed by atoms with van der Waals surface area (Å²) in [5.41, 5.74) is 6.77. The van der Waals surface area contributed by atoms with E-state index in [-0.39, 0.29) is 5.54 Å². The molecule has 1 fully saturated rings. The molecule has 1 aliphatic carbocycles. The monoisotopic (exact) mass is 212 g/mol. The van der Waals surface area contributed by atoms with Crippen molar-refractivity contribution in [2.45, 2.75) is 65.0 Å². The van der Waals surface area contributed by atoms with Gasteiger partial charge >= 0.3 is 0 Å².